The van der Waals surface area contributed by atoms with Crippen molar-refractivity contribution in [2.75, 3.05) is 0 Å². The van der Waals surface area contributed by atoms with E-state index < -0.39 is 21.9 Å². The van der Waals surface area contributed by atoms with Crippen molar-refractivity contribution in [2.45, 2.75) is 0 Å². The normalized spacial score (nSPS) is 11.9. The van der Waals surface area contributed by atoms with Crippen molar-refractivity contribution >= 4 is 33.1 Å². The van der Waals surface area contributed by atoms with E-state index in [1.54, 1.807) is 0 Å². The molecular formula is C7H3ClNO6S-. The molecule has 0 saturated carbocycles. The highest BCUT2D eigenvalue weighted by Gasteiger charge is 2.12. The molecule has 0 aliphatic rings. The maximum atomic E-state index is 10.9. The molecule has 0 bridgehead atoms. The SMILES string of the molecule is O=c1[nH]c2cc(Cl)cc(OS(=O)(=O)[O-])c2o1. The van der Waals surface area contributed by atoms with Crippen LogP contribution in [0.15, 0.2) is 21.3 Å². The van der Waals surface area contributed by atoms with Gasteiger partial charge in [0.25, 0.3) is 10.4 Å². The van der Waals surface area contributed by atoms with Gasteiger partial charge in [0.1, 0.15) is 0 Å². The topological polar surface area (TPSA) is 112 Å². The average Bonchev–Trinajstić information content (AvgIpc) is 2.42. The molecule has 0 aliphatic heterocycles. The predicted molar refractivity (Wildman–Crippen MR) is 52.2 cm³/mol. The predicted octanol–water partition coefficient (Wildman–Crippen LogP) is 0.613. The van der Waals surface area contributed by atoms with Crippen molar-refractivity contribution in [3.63, 3.8) is 0 Å². The molecule has 86 valence electrons. The standard InChI is InChI=1S/C7H4ClNO6S/c8-3-1-4-6(14-7(10)9-4)5(2-3)15-16(11,12)13/h1-2H,(H,9,10)(H,11,12,13)/p-1. The van der Waals surface area contributed by atoms with Crippen LogP contribution in [0.5, 0.6) is 5.75 Å². The van der Waals surface area contributed by atoms with Gasteiger partial charge in [0.05, 0.1) is 5.52 Å². The Morgan fingerprint density at radius 1 is 1.44 bits per heavy atom. The number of oxazole rings is 1. The molecule has 1 aromatic carbocycles. The Hall–Kier alpha value is -1.51. The number of aromatic amines is 1. The number of hydrogen-bond acceptors (Lipinski definition) is 6. The molecule has 2 rings (SSSR count). The molecule has 0 spiro atoms. The molecule has 7 nitrogen and oxygen atoms in total. The van der Waals surface area contributed by atoms with Gasteiger partial charge < -0.3 is 13.2 Å². The number of aromatic nitrogens is 1. The first-order chi connectivity index (χ1) is 7.35. The van der Waals surface area contributed by atoms with E-state index in [-0.39, 0.29) is 16.1 Å². The number of benzene rings is 1. The van der Waals surface area contributed by atoms with Crippen LogP contribution < -0.4 is 9.94 Å². The molecule has 1 aromatic heterocycles. The Balaban J connectivity index is 2.72. The van der Waals surface area contributed by atoms with Crippen molar-refractivity contribution < 1.29 is 21.6 Å². The van der Waals surface area contributed by atoms with Crippen molar-refractivity contribution in [1.82, 2.24) is 4.98 Å². The van der Waals surface area contributed by atoms with Crippen LogP contribution in [0.2, 0.25) is 5.02 Å². The minimum absolute atomic E-state index is 0.0863. The second-order valence-electron chi connectivity index (χ2n) is 2.79. The minimum Gasteiger partial charge on any atom is -0.716 e. The van der Waals surface area contributed by atoms with E-state index in [0.717, 1.165) is 6.07 Å². The second-order valence-corrected chi connectivity index (χ2v) is 4.21. The number of hydrogen-bond donors (Lipinski definition) is 1. The molecule has 2 aromatic rings. The first-order valence-electron chi connectivity index (χ1n) is 3.83. The monoisotopic (exact) mass is 264 g/mol. The summed E-state index contributed by atoms with van der Waals surface area (Å²) in [6.45, 7) is 0. The summed E-state index contributed by atoms with van der Waals surface area (Å²) in [5, 5.41) is 0.0863. The van der Waals surface area contributed by atoms with Gasteiger partial charge >= 0.3 is 5.76 Å². The molecule has 9 heteroatoms. The van der Waals surface area contributed by atoms with Crippen molar-refractivity contribution in [1.29, 1.82) is 0 Å². The quantitative estimate of drug-likeness (QED) is 0.628. The third kappa shape index (κ3) is 2.18. The number of nitrogens with one attached hydrogen (secondary N) is 1. The van der Waals surface area contributed by atoms with Gasteiger partial charge in [-0.25, -0.2) is 13.2 Å². The zero-order chi connectivity index (χ0) is 11.9. The smallest absolute Gasteiger partial charge is 0.417 e. The molecule has 1 N–H and O–H groups in total. The summed E-state index contributed by atoms with van der Waals surface area (Å²) < 4.78 is 39.9. The Morgan fingerprint density at radius 2 is 2.12 bits per heavy atom. The van der Waals surface area contributed by atoms with Crippen LogP contribution in [0.1, 0.15) is 0 Å². The summed E-state index contributed by atoms with van der Waals surface area (Å²) in [7, 11) is -4.96. The Morgan fingerprint density at radius 3 is 2.75 bits per heavy atom. The lowest BCUT2D eigenvalue weighted by atomic mass is 10.3. The van der Waals surface area contributed by atoms with Gasteiger partial charge in [-0.1, -0.05) is 11.6 Å². The van der Waals surface area contributed by atoms with Crippen LogP contribution >= 0.6 is 11.6 Å². The van der Waals surface area contributed by atoms with Crippen LogP contribution in [0.4, 0.5) is 0 Å². The van der Waals surface area contributed by atoms with Crippen LogP contribution in [0, 0.1) is 0 Å². The first-order valence-corrected chi connectivity index (χ1v) is 5.54. The summed E-state index contributed by atoms with van der Waals surface area (Å²) >= 11 is 5.62. The van der Waals surface area contributed by atoms with Crippen LogP contribution in [0.25, 0.3) is 11.1 Å². The highest BCUT2D eigenvalue weighted by atomic mass is 35.5. The number of halogens is 1. The van der Waals surface area contributed by atoms with E-state index in [1.807, 2.05) is 0 Å². The summed E-state index contributed by atoms with van der Waals surface area (Å²) in [6, 6.07) is 2.38. The highest BCUT2D eigenvalue weighted by Crippen LogP contribution is 2.28. The highest BCUT2D eigenvalue weighted by molar-refractivity contribution is 7.81. The first kappa shape index (κ1) is 11.0. The van der Waals surface area contributed by atoms with Crippen molar-refractivity contribution in [2.24, 2.45) is 0 Å². The fourth-order valence-electron chi connectivity index (χ4n) is 1.17. The summed E-state index contributed by atoms with van der Waals surface area (Å²) in [5.41, 5.74) is -0.0509. The van der Waals surface area contributed by atoms with Crippen LogP contribution in [-0.4, -0.2) is 18.0 Å². The molecule has 0 aliphatic carbocycles. The number of H-pyrrole nitrogens is 1. The van der Waals surface area contributed by atoms with Gasteiger partial charge in [-0.2, -0.15) is 0 Å². The van der Waals surface area contributed by atoms with E-state index in [4.69, 9.17) is 11.6 Å². The molecule has 0 amide bonds. The third-order valence-corrected chi connectivity index (χ3v) is 2.24. The zero-order valence-corrected chi connectivity index (χ0v) is 8.96. The summed E-state index contributed by atoms with van der Waals surface area (Å²) in [6.07, 6.45) is 0. The lowest BCUT2D eigenvalue weighted by Gasteiger charge is -2.08. The Kier molecular flexibility index (Phi) is 2.41. The summed E-state index contributed by atoms with van der Waals surface area (Å²) in [5.74, 6) is -1.25. The van der Waals surface area contributed by atoms with Gasteiger partial charge in [0, 0.05) is 11.1 Å². The zero-order valence-electron chi connectivity index (χ0n) is 7.39. The van der Waals surface area contributed by atoms with Crippen LogP contribution in [0.3, 0.4) is 0 Å². The van der Waals surface area contributed by atoms with Crippen molar-refractivity contribution in [3.8, 4) is 5.75 Å². The van der Waals surface area contributed by atoms with Gasteiger partial charge in [-0.15, -0.1) is 0 Å². The fraction of sp³-hybridized carbons (Fsp3) is 0. The third-order valence-electron chi connectivity index (χ3n) is 1.64. The number of fused-ring (bicyclic) bond motifs is 1. The average molecular weight is 265 g/mol. The summed E-state index contributed by atoms with van der Waals surface area (Å²) in [4.78, 5) is 13.1. The Bertz CT molecular complexity index is 699. The van der Waals surface area contributed by atoms with Gasteiger partial charge in [0.15, 0.2) is 11.3 Å². The van der Waals surface area contributed by atoms with E-state index in [1.165, 1.54) is 6.07 Å². The van der Waals surface area contributed by atoms with Crippen molar-refractivity contribution in [3.05, 3.63) is 27.7 Å². The molecule has 0 radical (unpaired) electrons. The molecule has 0 unspecified atom stereocenters. The minimum atomic E-state index is -4.96. The molecule has 0 fully saturated rings. The van der Waals surface area contributed by atoms with Gasteiger partial charge in [-0.3, -0.25) is 4.98 Å². The van der Waals surface area contributed by atoms with E-state index in [2.05, 4.69) is 13.6 Å². The molecular weight excluding hydrogens is 262 g/mol. The van der Waals surface area contributed by atoms with Crippen LogP contribution in [-0.2, 0) is 10.4 Å². The van der Waals surface area contributed by atoms with E-state index >= 15 is 0 Å². The molecule has 16 heavy (non-hydrogen) atoms. The van der Waals surface area contributed by atoms with Gasteiger partial charge in [-0.05, 0) is 6.07 Å². The molecule has 1 heterocycles. The van der Waals surface area contributed by atoms with Gasteiger partial charge in [0.2, 0.25) is 0 Å². The lowest BCUT2D eigenvalue weighted by Crippen LogP contribution is -2.07. The fourth-order valence-corrected chi connectivity index (χ4v) is 1.72. The maximum absolute atomic E-state index is 10.9. The second kappa shape index (κ2) is 3.51. The Labute approximate surface area is 93.5 Å². The largest absolute Gasteiger partial charge is 0.716 e. The maximum Gasteiger partial charge on any atom is 0.417 e. The van der Waals surface area contributed by atoms with E-state index in [9.17, 15) is 17.8 Å². The lowest BCUT2D eigenvalue weighted by molar-refractivity contribution is 0.370. The number of rotatable bonds is 2. The van der Waals surface area contributed by atoms with E-state index in [0.29, 0.717) is 0 Å². The molecule has 0 saturated heterocycles. The molecule has 0 atom stereocenters.